The molecule has 180 valence electrons. The molecule has 2 fully saturated rings. The fourth-order valence-corrected chi connectivity index (χ4v) is 7.67. The molecule has 0 spiro atoms. The fourth-order valence-electron chi connectivity index (χ4n) is 3.96. The van der Waals surface area contributed by atoms with E-state index in [1.165, 1.54) is 16.4 Å². The summed E-state index contributed by atoms with van der Waals surface area (Å²) >= 11 is -0.108. The van der Waals surface area contributed by atoms with Gasteiger partial charge in [-0.25, -0.2) is 0 Å². The molecule has 1 amide bonds. The molecule has 33 heavy (non-hydrogen) atoms. The van der Waals surface area contributed by atoms with Gasteiger partial charge in [0, 0.05) is 0 Å². The van der Waals surface area contributed by atoms with E-state index >= 15 is 0 Å². The average Bonchev–Trinajstić information content (AvgIpc) is 3.63. The number of aliphatic hydroxyl groups excluding tert-OH is 1. The van der Waals surface area contributed by atoms with Gasteiger partial charge in [0.1, 0.15) is 0 Å². The molecular weight excluding hydrogens is 572 g/mol. The van der Waals surface area contributed by atoms with Crippen molar-refractivity contribution in [3.63, 3.8) is 0 Å². The van der Waals surface area contributed by atoms with Crippen molar-refractivity contribution >= 4 is 21.6 Å². The number of alkyl halides is 2. The summed E-state index contributed by atoms with van der Waals surface area (Å²) in [7, 11) is -3.85. The Kier molecular flexibility index (Phi) is 7.32. The quantitative estimate of drug-likeness (QED) is 0.274. The SMILES string of the molecule is O=C(Nc1cc(F)c(F)c(F)c1)c1ccc(C2C[I-]2)c(S(=O)(=O)N2CCC(CCO)CC2)c1. The molecule has 6 nitrogen and oxygen atoms in total. The molecule has 2 aromatic carbocycles. The third-order valence-corrected chi connectivity index (χ3v) is 10.3. The number of halogens is 4. The number of hydrogen-bond acceptors (Lipinski definition) is 4. The molecule has 1 unspecified atom stereocenters. The Morgan fingerprint density at radius 1 is 1.12 bits per heavy atom. The number of anilines is 1. The maximum absolute atomic E-state index is 13.5. The van der Waals surface area contributed by atoms with Crippen LogP contribution in [0.3, 0.4) is 0 Å². The summed E-state index contributed by atoms with van der Waals surface area (Å²) < 4.78 is 69.7. The molecular formula is C22H23F3IN2O4S-. The maximum atomic E-state index is 13.5. The summed E-state index contributed by atoms with van der Waals surface area (Å²) in [4.78, 5) is 12.8. The van der Waals surface area contributed by atoms with E-state index in [9.17, 15) is 26.4 Å². The molecule has 4 rings (SSSR count). The molecule has 2 N–H and O–H groups in total. The van der Waals surface area contributed by atoms with Crippen LogP contribution in [0.2, 0.25) is 0 Å². The molecule has 2 saturated heterocycles. The van der Waals surface area contributed by atoms with Crippen LogP contribution in [-0.4, -0.2) is 47.9 Å². The Hall–Kier alpha value is -1.70. The second kappa shape index (κ2) is 9.88. The Morgan fingerprint density at radius 3 is 2.33 bits per heavy atom. The molecule has 0 bridgehead atoms. The third kappa shape index (κ3) is 5.36. The van der Waals surface area contributed by atoms with E-state index < -0.39 is 33.4 Å². The first-order valence-electron chi connectivity index (χ1n) is 10.5. The van der Waals surface area contributed by atoms with Crippen molar-refractivity contribution in [2.45, 2.75) is 28.1 Å². The molecule has 2 aromatic rings. The number of aliphatic hydroxyl groups is 1. The molecule has 0 saturated carbocycles. The van der Waals surface area contributed by atoms with Crippen molar-refractivity contribution in [2.75, 3.05) is 29.4 Å². The monoisotopic (exact) mass is 595 g/mol. The zero-order chi connectivity index (χ0) is 23.8. The summed E-state index contributed by atoms with van der Waals surface area (Å²) in [5, 5.41) is 11.4. The molecule has 11 heteroatoms. The van der Waals surface area contributed by atoms with Gasteiger partial charge in [-0.3, -0.25) is 0 Å². The van der Waals surface area contributed by atoms with Crippen molar-refractivity contribution in [1.29, 1.82) is 0 Å². The van der Waals surface area contributed by atoms with E-state index in [1.54, 1.807) is 6.07 Å². The van der Waals surface area contributed by atoms with Crippen molar-refractivity contribution < 1.29 is 52.7 Å². The first kappa shape index (κ1) is 24.4. The van der Waals surface area contributed by atoms with E-state index in [0.717, 1.165) is 4.43 Å². The number of nitrogens with zero attached hydrogens (tertiary/aromatic N) is 1. The third-order valence-electron chi connectivity index (χ3n) is 5.89. The van der Waals surface area contributed by atoms with Gasteiger partial charge in [0.2, 0.25) is 0 Å². The van der Waals surface area contributed by atoms with Crippen LogP contribution < -0.4 is 26.5 Å². The van der Waals surface area contributed by atoms with Crippen LogP contribution in [0.4, 0.5) is 18.9 Å². The molecule has 2 aliphatic heterocycles. The summed E-state index contributed by atoms with van der Waals surface area (Å²) in [5.41, 5.74) is 0.455. The summed E-state index contributed by atoms with van der Waals surface area (Å²) in [5.74, 6) is -4.99. The Bertz CT molecular complexity index is 1140. The second-order valence-electron chi connectivity index (χ2n) is 8.10. The van der Waals surface area contributed by atoms with Crippen LogP contribution in [0.15, 0.2) is 35.2 Å². The minimum absolute atomic E-state index is 0.0245. The molecule has 1 atom stereocenters. The van der Waals surface area contributed by atoms with Gasteiger partial charge in [0.25, 0.3) is 0 Å². The Morgan fingerprint density at radius 2 is 1.76 bits per heavy atom. The van der Waals surface area contributed by atoms with Gasteiger partial charge >= 0.3 is 201 Å². The first-order chi connectivity index (χ1) is 15.7. The van der Waals surface area contributed by atoms with E-state index in [2.05, 4.69) is 5.32 Å². The van der Waals surface area contributed by atoms with Crippen LogP contribution in [0.25, 0.3) is 0 Å². The number of amides is 1. The summed E-state index contributed by atoms with van der Waals surface area (Å²) in [6, 6.07) is 5.78. The van der Waals surface area contributed by atoms with E-state index in [1.807, 2.05) is 0 Å². The van der Waals surface area contributed by atoms with Gasteiger partial charge < -0.3 is 0 Å². The van der Waals surface area contributed by atoms with Gasteiger partial charge in [-0.05, 0) is 0 Å². The zero-order valence-electron chi connectivity index (χ0n) is 17.5. The molecule has 2 aliphatic rings. The van der Waals surface area contributed by atoms with Crippen molar-refractivity contribution in [2.24, 2.45) is 5.92 Å². The fraction of sp³-hybridized carbons (Fsp3) is 0.409. The predicted octanol–water partition coefficient (Wildman–Crippen LogP) is 0.283. The summed E-state index contributed by atoms with van der Waals surface area (Å²) in [6.45, 7) is 0.763. The van der Waals surface area contributed by atoms with Gasteiger partial charge in [0.05, 0.1) is 0 Å². The molecule has 0 aliphatic carbocycles. The van der Waals surface area contributed by atoms with Crippen molar-refractivity contribution in [1.82, 2.24) is 4.31 Å². The molecule has 2 heterocycles. The Labute approximate surface area is 200 Å². The van der Waals surface area contributed by atoms with E-state index in [0.29, 0.717) is 50.0 Å². The number of benzene rings is 2. The number of piperidine rings is 1. The zero-order valence-corrected chi connectivity index (χ0v) is 20.5. The van der Waals surface area contributed by atoms with Crippen LogP contribution >= 0.6 is 0 Å². The number of carbonyl (C=O) groups excluding carboxylic acids is 1. The average molecular weight is 595 g/mol. The Balaban J connectivity index is 1.60. The van der Waals surface area contributed by atoms with Crippen molar-refractivity contribution in [3.05, 3.63) is 58.9 Å². The number of carbonyl (C=O) groups is 1. The predicted molar refractivity (Wildman–Crippen MR) is 112 cm³/mol. The van der Waals surface area contributed by atoms with E-state index in [4.69, 9.17) is 5.11 Å². The number of rotatable bonds is 7. The van der Waals surface area contributed by atoms with Gasteiger partial charge in [0.15, 0.2) is 0 Å². The summed E-state index contributed by atoms with van der Waals surface area (Å²) in [6.07, 6.45) is 1.96. The normalized spacial score (nSPS) is 19.7. The first-order valence-corrected chi connectivity index (χ1v) is 14.7. The van der Waals surface area contributed by atoms with Gasteiger partial charge in [-0.1, -0.05) is 0 Å². The van der Waals surface area contributed by atoms with Gasteiger partial charge in [-0.15, -0.1) is 0 Å². The second-order valence-corrected chi connectivity index (χ2v) is 13.3. The van der Waals surface area contributed by atoms with E-state index in [-0.39, 0.29) is 53.8 Å². The van der Waals surface area contributed by atoms with Crippen LogP contribution in [0, 0.1) is 23.4 Å². The minimum atomic E-state index is -3.85. The number of sulfonamides is 1. The molecule has 0 aromatic heterocycles. The van der Waals surface area contributed by atoms with Crippen LogP contribution in [0.1, 0.15) is 39.1 Å². The standard InChI is InChI=1S/C22H23F3IN2O4S/c23-17-10-15(11-18(24)21(17)25)27-22(30)14-1-2-16(19-12-26-19)20(9-14)33(31,32)28-6-3-13(4-7-28)5-8-29/h1-2,9-11,13,19,29H,3-8,12H2,(H,27,30)/q-1. The number of hydrogen-bond donors (Lipinski definition) is 2. The topological polar surface area (TPSA) is 86.7 Å². The van der Waals surface area contributed by atoms with Crippen LogP contribution in [0.5, 0.6) is 0 Å². The van der Waals surface area contributed by atoms with Crippen LogP contribution in [-0.2, 0) is 10.0 Å². The van der Waals surface area contributed by atoms with Gasteiger partial charge in [-0.2, -0.15) is 0 Å². The van der Waals surface area contributed by atoms with Crippen molar-refractivity contribution in [3.8, 4) is 0 Å². The number of nitrogens with one attached hydrogen (secondary N) is 1. The molecule has 0 radical (unpaired) electrons.